The van der Waals surface area contributed by atoms with Gasteiger partial charge in [-0.25, -0.2) is 0 Å². The summed E-state index contributed by atoms with van der Waals surface area (Å²) in [6.07, 6.45) is 5.52. The Kier molecular flexibility index (Phi) is 5.18. The van der Waals surface area contributed by atoms with Gasteiger partial charge < -0.3 is 15.3 Å². The van der Waals surface area contributed by atoms with Crippen LogP contribution in [-0.4, -0.2) is 46.7 Å². The van der Waals surface area contributed by atoms with Gasteiger partial charge in [0.05, 0.1) is 11.0 Å². The van der Waals surface area contributed by atoms with Gasteiger partial charge in [-0.3, -0.25) is 4.79 Å². The first-order valence-electron chi connectivity index (χ1n) is 9.21. The molecule has 1 aliphatic carbocycles. The van der Waals surface area contributed by atoms with Crippen LogP contribution in [0.2, 0.25) is 0 Å². The number of rotatable bonds is 4. The highest BCUT2D eigenvalue weighted by atomic mass is 16.3. The van der Waals surface area contributed by atoms with Crippen LogP contribution in [-0.2, 0) is 4.79 Å². The summed E-state index contributed by atoms with van der Waals surface area (Å²) in [4.78, 5) is 15.5. The van der Waals surface area contributed by atoms with E-state index in [0.717, 1.165) is 32.4 Å². The Morgan fingerprint density at radius 3 is 2.09 bits per heavy atom. The fraction of sp³-hybridized carbons (Fsp3) is 0.947. The predicted molar refractivity (Wildman–Crippen MR) is 94.2 cm³/mol. The summed E-state index contributed by atoms with van der Waals surface area (Å²) in [7, 11) is 0. The molecule has 1 aliphatic heterocycles. The largest absolute Gasteiger partial charge is 0.389 e. The topological polar surface area (TPSA) is 52.6 Å². The van der Waals surface area contributed by atoms with Crippen molar-refractivity contribution in [3.8, 4) is 0 Å². The van der Waals surface area contributed by atoms with E-state index < -0.39 is 11.0 Å². The van der Waals surface area contributed by atoms with Crippen LogP contribution in [0.5, 0.6) is 0 Å². The van der Waals surface area contributed by atoms with Gasteiger partial charge in [0.25, 0.3) is 0 Å². The zero-order chi connectivity index (χ0) is 17.5. The maximum Gasteiger partial charge on any atom is 0.231 e. The van der Waals surface area contributed by atoms with Gasteiger partial charge in [-0.1, -0.05) is 13.8 Å². The highest BCUT2D eigenvalue weighted by Gasteiger charge is 2.48. The van der Waals surface area contributed by atoms with E-state index in [0.29, 0.717) is 11.5 Å². The summed E-state index contributed by atoms with van der Waals surface area (Å²) in [6, 6.07) is 0.595. The van der Waals surface area contributed by atoms with Crippen molar-refractivity contribution in [2.75, 3.05) is 13.1 Å². The van der Waals surface area contributed by atoms with Gasteiger partial charge in [0.2, 0.25) is 5.91 Å². The monoisotopic (exact) mass is 324 g/mol. The maximum atomic E-state index is 13.4. The van der Waals surface area contributed by atoms with E-state index in [2.05, 4.69) is 24.1 Å². The molecular weight excluding hydrogens is 288 g/mol. The second-order valence-corrected chi connectivity index (χ2v) is 9.44. The fourth-order valence-corrected chi connectivity index (χ4v) is 3.75. The van der Waals surface area contributed by atoms with E-state index in [1.54, 1.807) is 13.8 Å². The first-order chi connectivity index (χ1) is 10.5. The molecule has 0 spiro atoms. The Morgan fingerprint density at radius 2 is 1.65 bits per heavy atom. The number of aliphatic hydroxyl groups is 1. The number of nitrogens with one attached hydrogen (secondary N) is 1. The standard InChI is InChI=1S/C19H36N2O2/c1-17(2)10-7-14(8-11-17)21(15-9-12-20-13-15)16(22)18(3,4)19(5,6)23/h14-15,20,23H,7-13H2,1-6H3. The van der Waals surface area contributed by atoms with Crippen molar-refractivity contribution in [3.05, 3.63) is 0 Å². The Hall–Kier alpha value is -0.610. The van der Waals surface area contributed by atoms with E-state index in [1.807, 2.05) is 13.8 Å². The summed E-state index contributed by atoms with van der Waals surface area (Å²) in [5, 5.41) is 13.9. The third-order valence-corrected chi connectivity index (χ3v) is 6.43. The molecule has 0 aromatic rings. The van der Waals surface area contributed by atoms with Crippen molar-refractivity contribution in [3.63, 3.8) is 0 Å². The fourth-order valence-electron chi connectivity index (χ4n) is 3.75. The molecule has 0 radical (unpaired) electrons. The first kappa shape index (κ1) is 18.7. The average Bonchev–Trinajstić information content (AvgIpc) is 2.93. The van der Waals surface area contributed by atoms with Gasteiger partial charge in [0.1, 0.15) is 0 Å². The quantitative estimate of drug-likeness (QED) is 0.836. The van der Waals surface area contributed by atoms with E-state index in [9.17, 15) is 9.90 Å². The summed E-state index contributed by atoms with van der Waals surface area (Å²) in [6.45, 7) is 13.8. The molecule has 1 saturated carbocycles. The van der Waals surface area contributed by atoms with Crippen LogP contribution >= 0.6 is 0 Å². The van der Waals surface area contributed by atoms with E-state index in [1.165, 1.54) is 12.8 Å². The van der Waals surface area contributed by atoms with Crippen LogP contribution in [0, 0.1) is 10.8 Å². The SMILES string of the molecule is CC1(C)CCC(N(C(=O)C(C)(C)C(C)(C)O)C2CCNC2)CC1. The first-order valence-corrected chi connectivity index (χ1v) is 9.21. The molecule has 2 rings (SSSR count). The predicted octanol–water partition coefficient (Wildman–Crippen LogP) is 2.94. The normalized spacial score (nSPS) is 26.3. The zero-order valence-corrected chi connectivity index (χ0v) is 15.9. The van der Waals surface area contributed by atoms with E-state index in [-0.39, 0.29) is 11.9 Å². The number of nitrogens with zero attached hydrogens (tertiary/aromatic N) is 1. The molecule has 0 aromatic heterocycles. The van der Waals surface area contributed by atoms with Crippen LogP contribution in [0.25, 0.3) is 0 Å². The minimum Gasteiger partial charge on any atom is -0.389 e. The van der Waals surface area contributed by atoms with Gasteiger partial charge in [0, 0.05) is 18.6 Å². The van der Waals surface area contributed by atoms with Crippen molar-refractivity contribution in [2.45, 2.75) is 91.3 Å². The summed E-state index contributed by atoms with van der Waals surface area (Å²) in [5.41, 5.74) is -1.41. The molecule has 0 bridgehead atoms. The molecule has 2 fully saturated rings. The number of carbonyl (C=O) groups excluding carboxylic acids is 1. The number of hydrogen-bond acceptors (Lipinski definition) is 3. The van der Waals surface area contributed by atoms with Gasteiger partial charge in [0.15, 0.2) is 0 Å². The van der Waals surface area contributed by atoms with Gasteiger partial charge in [-0.15, -0.1) is 0 Å². The molecule has 1 unspecified atom stereocenters. The van der Waals surface area contributed by atoms with Crippen LogP contribution in [0.15, 0.2) is 0 Å². The molecule has 4 heteroatoms. The summed E-state index contributed by atoms with van der Waals surface area (Å²) < 4.78 is 0. The second kappa shape index (κ2) is 6.36. The molecule has 1 saturated heterocycles. The average molecular weight is 325 g/mol. The highest BCUT2D eigenvalue weighted by Crippen LogP contribution is 2.40. The van der Waals surface area contributed by atoms with Crippen molar-refractivity contribution in [1.29, 1.82) is 0 Å². The van der Waals surface area contributed by atoms with Gasteiger partial charge in [-0.05, 0) is 71.8 Å². The molecule has 2 N–H and O–H groups in total. The molecule has 134 valence electrons. The Morgan fingerprint density at radius 1 is 1.09 bits per heavy atom. The lowest BCUT2D eigenvalue weighted by Crippen LogP contribution is -2.58. The van der Waals surface area contributed by atoms with Crippen molar-refractivity contribution in [2.24, 2.45) is 10.8 Å². The Bertz CT molecular complexity index is 421. The number of amides is 1. The van der Waals surface area contributed by atoms with Gasteiger partial charge in [-0.2, -0.15) is 0 Å². The summed E-state index contributed by atoms with van der Waals surface area (Å²) in [5.74, 6) is 0.114. The van der Waals surface area contributed by atoms with Crippen molar-refractivity contribution in [1.82, 2.24) is 10.2 Å². The van der Waals surface area contributed by atoms with Crippen LogP contribution in [0.4, 0.5) is 0 Å². The van der Waals surface area contributed by atoms with Crippen molar-refractivity contribution < 1.29 is 9.90 Å². The molecular formula is C19H36N2O2. The molecule has 2 aliphatic rings. The Balaban J connectivity index is 2.23. The Labute approximate surface area is 142 Å². The minimum absolute atomic E-state index is 0.114. The van der Waals surface area contributed by atoms with Crippen LogP contribution < -0.4 is 5.32 Å². The third-order valence-electron chi connectivity index (χ3n) is 6.43. The highest BCUT2D eigenvalue weighted by molar-refractivity contribution is 5.84. The molecule has 1 amide bonds. The molecule has 4 nitrogen and oxygen atoms in total. The minimum atomic E-state index is -1.03. The molecule has 0 aromatic carbocycles. The third kappa shape index (κ3) is 3.90. The molecule has 23 heavy (non-hydrogen) atoms. The van der Waals surface area contributed by atoms with E-state index in [4.69, 9.17) is 0 Å². The van der Waals surface area contributed by atoms with Crippen LogP contribution in [0.1, 0.15) is 73.6 Å². The smallest absolute Gasteiger partial charge is 0.231 e. The lowest BCUT2D eigenvalue weighted by atomic mass is 9.72. The van der Waals surface area contributed by atoms with Crippen molar-refractivity contribution >= 4 is 5.91 Å². The zero-order valence-electron chi connectivity index (χ0n) is 15.9. The van der Waals surface area contributed by atoms with E-state index >= 15 is 0 Å². The number of carbonyl (C=O) groups is 1. The molecule has 1 atom stereocenters. The lowest BCUT2D eigenvalue weighted by Gasteiger charge is -2.47. The molecule has 1 heterocycles. The number of hydrogen-bond donors (Lipinski definition) is 2. The van der Waals surface area contributed by atoms with Crippen LogP contribution in [0.3, 0.4) is 0 Å². The second-order valence-electron chi connectivity index (χ2n) is 9.44. The summed E-state index contributed by atoms with van der Waals surface area (Å²) >= 11 is 0. The maximum absolute atomic E-state index is 13.4. The van der Waals surface area contributed by atoms with Gasteiger partial charge >= 0.3 is 0 Å². The lowest BCUT2D eigenvalue weighted by molar-refractivity contribution is -0.160.